The lowest BCUT2D eigenvalue weighted by Gasteiger charge is -2.26. The van der Waals surface area contributed by atoms with Crippen molar-refractivity contribution in [3.63, 3.8) is 0 Å². The van der Waals surface area contributed by atoms with Crippen LogP contribution in [0.3, 0.4) is 0 Å². The molecule has 0 bridgehead atoms. The maximum Gasteiger partial charge on any atom is 0.0723 e. The van der Waals surface area contributed by atoms with Gasteiger partial charge in [0.1, 0.15) is 0 Å². The molecular weight excluding hydrogens is 281 g/mol. The summed E-state index contributed by atoms with van der Waals surface area (Å²) in [4.78, 5) is 2.15. The van der Waals surface area contributed by atoms with Crippen LogP contribution in [0.5, 0.6) is 0 Å². The van der Waals surface area contributed by atoms with Gasteiger partial charge in [-0.2, -0.15) is 0 Å². The Morgan fingerprint density at radius 3 is 2.16 bits per heavy atom. The molecule has 0 fully saturated rings. The third kappa shape index (κ3) is 5.47. The molecule has 1 aromatic rings. The fourth-order valence-corrected chi connectivity index (χ4v) is 2.74. The summed E-state index contributed by atoms with van der Waals surface area (Å²) in [6, 6.07) is 3.74. The van der Waals surface area contributed by atoms with Gasteiger partial charge in [0.25, 0.3) is 0 Å². The van der Waals surface area contributed by atoms with Crippen molar-refractivity contribution in [1.29, 1.82) is 0 Å². The van der Waals surface area contributed by atoms with Crippen molar-refractivity contribution in [2.24, 2.45) is 5.92 Å². The fourth-order valence-electron chi connectivity index (χ4n) is 2.12. The van der Waals surface area contributed by atoms with Gasteiger partial charge >= 0.3 is 0 Å². The molecule has 0 radical (unpaired) electrons. The fraction of sp³-hybridized carbons (Fsp3) is 0.571. The van der Waals surface area contributed by atoms with Crippen molar-refractivity contribution in [3.05, 3.63) is 22.2 Å². The molecule has 3 N–H and O–H groups in total. The van der Waals surface area contributed by atoms with Crippen LogP contribution in [0.4, 0.5) is 11.4 Å². The molecule has 0 aromatic heterocycles. The van der Waals surface area contributed by atoms with Crippen molar-refractivity contribution in [3.8, 4) is 0 Å². The topological polar surface area (TPSA) is 41.3 Å². The van der Waals surface area contributed by atoms with Gasteiger partial charge in [-0.15, -0.1) is 0 Å². The van der Waals surface area contributed by atoms with E-state index in [1.165, 1.54) is 0 Å². The lowest BCUT2D eigenvalue weighted by molar-refractivity contribution is 0.356. The van der Waals surface area contributed by atoms with Gasteiger partial charge in [-0.1, -0.05) is 37.0 Å². The van der Waals surface area contributed by atoms with Crippen LogP contribution in [-0.2, 0) is 0 Å². The molecule has 3 nitrogen and oxygen atoms in total. The number of likely N-dealkylation sites (N-methyl/N-ethyl adjacent to an activating group) is 1. The number of nitrogen functional groups attached to an aromatic ring is 1. The van der Waals surface area contributed by atoms with E-state index in [1.54, 1.807) is 12.1 Å². The van der Waals surface area contributed by atoms with E-state index in [1.807, 2.05) is 0 Å². The monoisotopic (exact) mass is 303 g/mol. The number of nitrogens with zero attached hydrogens (tertiary/aromatic N) is 1. The lowest BCUT2D eigenvalue weighted by atomic mass is 10.0. The van der Waals surface area contributed by atoms with Gasteiger partial charge in [-0.05, 0) is 38.6 Å². The summed E-state index contributed by atoms with van der Waals surface area (Å²) < 4.78 is 0. The van der Waals surface area contributed by atoms with E-state index in [4.69, 9.17) is 28.9 Å². The zero-order valence-electron chi connectivity index (χ0n) is 12.0. The molecule has 0 heterocycles. The molecule has 1 atom stereocenters. The SMILES string of the molecule is CC(C)CC(CN(C)C)Nc1c(Cl)cc(N)cc1Cl. The van der Waals surface area contributed by atoms with Crippen LogP contribution in [0.15, 0.2) is 12.1 Å². The standard InChI is InChI=1S/C14H23Cl2N3/c1-9(2)5-11(8-19(3)4)18-14-12(15)6-10(17)7-13(14)16/h6-7,9,11,18H,5,8,17H2,1-4H3. The van der Waals surface area contributed by atoms with Crippen molar-refractivity contribution < 1.29 is 0 Å². The first-order valence-electron chi connectivity index (χ1n) is 6.45. The van der Waals surface area contributed by atoms with E-state index in [0.29, 0.717) is 27.7 Å². The van der Waals surface area contributed by atoms with Crippen molar-refractivity contribution in [1.82, 2.24) is 4.90 Å². The van der Waals surface area contributed by atoms with Crippen molar-refractivity contribution >= 4 is 34.6 Å². The molecule has 1 aromatic carbocycles. The normalized spacial score (nSPS) is 13.1. The Kier molecular flexibility index (Phi) is 6.24. The van der Waals surface area contributed by atoms with Gasteiger partial charge in [0.2, 0.25) is 0 Å². The minimum atomic E-state index is 0.300. The van der Waals surface area contributed by atoms with Crippen LogP contribution in [0, 0.1) is 5.92 Å². The Morgan fingerprint density at radius 2 is 1.74 bits per heavy atom. The van der Waals surface area contributed by atoms with Gasteiger partial charge in [-0.3, -0.25) is 0 Å². The Bertz CT molecular complexity index is 386. The summed E-state index contributed by atoms with van der Waals surface area (Å²) in [5.41, 5.74) is 7.06. The molecule has 0 spiro atoms. The number of halogens is 2. The van der Waals surface area contributed by atoms with Gasteiger partial charge in [0.15, 0.2) is 0 Å². The molecule has 1 rings (SSSR count). The highest BCUT2D eigenvalue weighted by atomic mass is 35.5. The third-order valence-electron chi connectivity index (χ3n) is 2.75. The summed E-state index contributed by atoms with van der Waals surface area (Å²) in [7, 11) is 4.11. The molecule has 0 aliphatic rings. The van der Waals surface area contributed by atoms with Crippen molar-refractivity contribution in [2.75, 3.05) is 31.7 Å². The molecular formula is C14H23Cl2N3. The van der Waals surface area contributed by atoms with Gasteiger partial charge in [0.05, 0.1) is 15.7 Å². The summed E-state index contributed by atoms with van der Waals surface area (Å²) in [6.07, 6.45) is 1.05. The lowest BCUT2D eigenvalue weighted by Crippen LogP contribution is -2.33. The molecule has 108 valence electrons. The second kappa shape index (κ2) is 7.22. The first-order chi connectivity index (χ1) is 8.79. The van der Waals surface area contributed by atoms with E-state index >= 15 is 0 Å². The Hall–Kier alpha value is -0.640. The Balaban J connectivity index is 2.89. The van der Waals surface area contributed by atoms with Crippen LogP contribution >= 0.6 is 23.2 Å². The van der Waals surface area contributed by atoms with E-state index in [9.17, 15) is 0 Å². The predicted octanol–water partition coefficient (Wildman–Crippen LogP) is 3.96. The number of nitrogens with two attached hydrogens (primary N) is 1. The molecule has 0 amide bonds. The van der Waals surface area contributed by atoms with E-state index in [0.717, 1.165) is 18.7 Å². The van der Waals surface area contributed by atoms with Crippen LogP contribution < -0.4 is 11.1 Å². The molecule has 0 aliphatic carbocycles. The number of hydrogen-bond donors (Lipinski definition) is 2. The van der Waals surface area contributed by atoms with Gasteiger partial charge < -0.3 is 16.0 Å². The number of hydrogen-bond acceptors (Lipinski definition) is 3. The van der Waals surface area contributed by atoms with Gasteiger partial charge in [-0.25, -0.2) is 0 Å². The van der Waals surface area contributed by atoms with E-state index in [2.05, 4.69) is 38.2 Å². The maximum atomic E-state index is 6.21. The molecule has 0 saturated heterocycles. The predicted molar refractivity (Wildman–Crippen MR) is 86.3 cm³/mol. The minimum Gasteiger partial charge on any atom is -0.399 e. The maximum absolute atomic E-state index is 6.21. The number of rotatable bonds is 6. The van der Waals surface area contributed by atoms with Crippen LogP contribution in [0.2, 0.25) is 10.0 Å². The van der Waals surface area contributed by atoms with Crippen LogP contribution in [0.1, 0.15) is 20.3 Å². The average Bonchev–Trinajstić information content (AvgIpc) is 2.21. The zero-order chi connectivity index (χ0) is 14.6. The molecule has 19 heavy (non-hydrogen) atoms. The van der Waals surface area contributed by atoms with E-state index in [-0.39, 0.29) is 0 Å². The van der Waals surface area contributed by atoms with Gasteiger partial charge in [0, 0.05) is 18.3 Å². The average molecular weight is 304 g/mol. The Labute approximate surface area is 126 Å². The second-order valence-corrected chi connectivity index (χ2v) is 6.41. The smallest absolute Gasteiger partial charge is 0.0723 e. The quantitative estimate of drug-likeness (QED) is 0.782. The summed E-state index contributed by atoms with van der Waals surface area (Å²) in [6.45, 7) is 5.34. The zero-order valence-corrected chi connectivity index (χ0v) is 13.5. The van der Waals surface area contributed by atoms with Crippen LogP contribution in [-0.4, -0.2) is 31.6 Å². The van der Waals surface area contributed by atoms with Crippen LogP contribution in [0.25, 0.3) is 0 Å². The Morgan fingerprint density at radius 1 is 1.21 bits per heavy atom. The number of benzene rings is 1. The first-order valence-corrected chi connectivity index (χ1v) is 7.21. The highest BCUT2D eigenvalue weighted by molar-refractivity contribution is 6.39. The summed E-state index contributed by atoms with van der Waals surface area (Å²) in [5, 5.41) is 4.58. The molecule has 0 saturated carbocycles. The molecule has 5 heteroatoms. The largest absolute Gasteiger partial charge is 0.399 e. The summed E-state index contributed by atoms with van der Waals surface area (Å²) >= 11 is 12.4. The second-order valence-electron chi connectivity index (χ2n) is 5.59. The highest BCUT2D eigenvalue weighted by Gasteiger charge is 2.15. The molecule has 1 unspecified atom stereocenters. The highest BCUT2D eigenvalue weighted by Crippen LogP contribution is 2.33. The minimum absolute atomic E-state index is 0.300. The number of anilines is 2. The molecule has 0 aliphatic heterocycles. The van der Waals surface area contributed by atoms with E-state index < -0.39 is 0 Å². The first kappa shape index (κ1) is 16.4. The summed E-state index contributed by atoms with van der Waals surface area (Å²) in [5.74, 6) is 0.601. The van der Waals surface area contributed by atoms with Crippen molar-refractivity contribution in [2.45, 2.75) is 26.3 Å². The third-order valence-corrected chi connectivity index (χ3v) is 3.35. The number of nitrogens with one attached hydrogen (secondary N) is 1.